The standard InChI is InChI=1S/C14H18N2OS/c18-14(15-11-4-2-1-3-5-11)16-12-8-9-17-13(12)10-6-7-10/h1-5,10,12-13H,6-9H2,(H2,15,16,18). The zero-order valence-electron chi connectivity index (χ0n) is 10.3. The lowest BCUT2D eigenvalue weighted by Crippen LogP contribution is -2.43. The number of hydrogen-bond acceptors (Lipinski definition) is 2. The topological polar surface area (TPSA) is 33.3 Å². The molecule has 0 radical (unpaired) electrons. The van der Waals surface area contributed by atoms with Gasteiger partial charge in [0, 0.05) is 12.3 Å². The van der Waals surface area contributed by atoms with Crippen molar-refractivity contribution in [3.05, 3.63) is 30.3 Å². The molecule has 18 heavy (non-hydrogen) atoms. The van der Waals surface area contributed by atoms with Crippen LogP contribution in [0.5, 0.6) is 0 Å². The Bertz CT molecular complexity index is 419. The van der Waals surface area contributed by atoms with Gasteiger partial charge in [0.2, 0.25) is 0 Å². The zero-order valence-corrected chi connectivity index (χ0v) is 11.1. The maximum Gasteiger partial charge on any atom is 0.171 e. The van der Waals surface area contributed by atoms with Crippen molar-refractivity contribution >= 4 is 23.0 Å². The van der Waals surface area contributed by atoms with E-state index in [1.807, 2.05) is 30.3 Å². The Morgan fingerprint density at radius 3 is 2.67 bits per heavy atom. The van der Waals surface area contributed by atoms with Crippen molar-refractivity contribution in [3.8, 4) is 0 Å². The highest BCUT2D eigenvalue weighted by Gasteiger charge is 2.40. The number of hydrogen-bond donors (Lipinski definition) is 2. The highest BCUT2D eigenvalue weighted by Crippen LogP contribution is 2.38. The maximum atomic E-state index is 5.79. The van der Waals surface area contributed by atoms with E-state index in [9.17, 15) is 0 Å². The van der Waals surface area contributed by atoms with Crippen molar-refractivity contribution < 1.29 is 4.74 Å². The normalized spacial score (nSPS) is 26.9. The Labute approximate surface area is 113 Å². The van der Waals surface area contributed by atoms with Crippen LogP contribution in [-0.4, -0.2) is 23.9 Å². The molecule has 1 aliphatic carbocycles. The van der Waals surface area contributed by atoms with E-state index in [0.717, 1.165) is 24.6 Å². The molecule has 1 aromatic carbocycles. The summed E-state index contributed by atoms with van der Waals surface area (Å²) in [5.41, 5.74) is 1.02. The summed E-state index contributed by atoms with van der Waals surface area (Å²) in [6.45, 7) is 0.854. The monoisotopic (exact) mass is 262 g/mol. The van der Waals surface area contributed by atoms with Gasteiger partial charge in [0.15, 0.2) is 5.11 Å². The van der Waals surface area contributed by atoms with Crippen molar-refractivity contribution in [2.24, 2.45) is 5.92 Å². The number of thiocarbonyl (C=S) groups is 1. The SMILES string of the molecule is S=C(Nc1ccccc1)NC1CCOC1C1CC1. The van der Waals surface area contributed by atoms with Crippen LogP contribution >= 0.6 is 12.2 Å². The summed E-state index contributed by atoms with van der Waals surface area (Å²) in [5, 5.41) is 7.30. The van der Waals surface area contributed by atoms with Crippen LogP contribution in [0.15, 0.2) is 30.3 Å². The highest BCUT2D eigenvalue weighted by molar-refractivity contribution is 7.80. The van der Waals surface area contributed by atoms with Crippen LogP contribution in [0.25, 0.3) is 0 Å². The molecule has 0 amide bonds. The van der Waals surface area contributed by atoms with Gasteiger partial charge in [-0.1, -0.05) is 18.2 Å². The molecule has 1 saturated heterocycles. The smallest absolute Gasteiger partial charge is 0.171 e. The fourth-order valence-corrected chi connectivity index (χ4v) is 2.78. The number of nitrogens with one attached hydrogen (secondary N) is 2. The molecule has 4 heteroatoms. The average Bonchev–Trinajstić information content (AvgIpc) is 3.12. The molecule has 0 bridgehead atoms. The second-order valence-corrected chi connectivity index (χ2v) is 5.44. The number of benzene rings is 1. The van der Waals surface area contributed by atoms with Crippen LogP contribution in [0.2, 0.25) is 0 Å². The predicted molar refractivity (Wildman–Crippen MR) is 76.7 cm³/mol. The second kappa shape index (κ2) is 5.24. The summed E-state index contributed by atoms with van der Waals surface area (Å²) in [7, 11) is 0. The zero-order chi connectivity index (χ0) is 12.4. The first-order valence-corrected chi connectivity index (χ1v) is 6.98. The third kappa shape index (κ3) is 2.82. The molecule has 0 spiro atoms. The minimum Gasteiger partial charge on any atom is -0.376 e. The van der Waals surface area contributed by atoms with Gasteiger partial charge < -0.3 is 15.4 Å². The molecule has 2 N–H and O–H groups in total. The van der Waals surface area contributed by atoms with E-state index < -0.39 is 0 Å². The molecular weight excluding hydrogens is 244 g/mol. The van der Waals surface area contributed by atoms with Gasteiger partial charge >= 0.3 is 0 Å². The fourth-order valence-electron chi connectivity index (χ4n) is 2.51. The van der Waals surface area contributed by atoms with Crippen LogP contribution < -0.4 is 10.6 Å². The quantitative estimate of drug-likeness (QED) is 0.820. The Hall–Kier alpha value is -1.13. The molecular formula is C14H18N2OS. The molecule has 3 nitrogen and oxygen atoms in total. The van der Waals surface area contributed by atoms with Crippen molar-refractivity contribution in [2.75, 3.05) is 11.9 Å². The third-order valence-electron chi connectivity index (χ3n) is 3.57. The Morgan fingerprint density at radius 1 is 1.17 bits per heavy atom. The number of rotatable bonds is 3. The molecule has 1 aliphatic heterocycles. The second-order valence-electron chi connectivity index (χ2n) is 5.03. The first-order chi connectivity index (χ1) is 8.83. The molecule has 0 aromatic heterocycles. The van der Waals surface area contributed by atoms with E-state index in [-0.39, 0.29) is 0 Å². The summed E-state index contributed by atoms with van der Waals surface area (Å²) in [6.07, 6.45) is 4.03. The van der Waals surface area contributed by atoms with E-state index in [2.05, 4.69) is 10.6 Å². The van der Waals surface area contributed by atoms with Gasteiger partial charge in [0.25, 0.3) is 0 Å². The van der Waals surface area contributed by atoms with Crippen LogP contribution in [-0.2, 0) is 4.74 Å². The van der Waals surface area contributed by atoms with Gasteiger partial charge in [-0.25, -0.2) is 0 Å². The molecule has 2 aliphatic rings. The van der Waals surface area contributed by atoms with Gasteiger partial charge in [0.05, 0.1) is 12.1 Å². The van der Waals surface area contributed by atoms with E-state index in [4.69, 9.17) is 17.0 Å². The summed E-state index contributed by atoms with van der Waals surface area (Å²) < 4.78 is 5.79. The minimum absolute atomic E-state index is 0.362. The van der Waals surface area contributed by atoms with Crippen LogP contribution in [0.3, 0.4) is 0 Å². The van der Waals surface area contributed by atoms with E-state index in [1.54, 1.807) is 0 Å². The van der Waals surface area contributed by atoms with Gasteiger partial charge in [-0.15, -0.1) is 0 Å². The Kier molecular flexibility index (Phi) is 3.48. The Morgan fingerprint density at radius 2 is 1.94 bits per heavy atom. The lowest BCUT2D eigenvalue weighted by molar-refractivity contribution is 0.0844. The van der Waals surface area contributed by atoms with E-state index >= 15 is 0 Å². The lowest BCUT2D eigenvalue weighted by atomic mass is 10.1. The summed E-state index contributed by atoms with van der Waals surface area (Å²) in [5.74, 6) is 0.754. The average molecular weight is 262 g/mol. The highest BCUT2D eigenvalue weighted by atomic mass is 32.1. The Balaban J connectivity index is 1.54. The van der Waals surface area contributed by atoms with Gasteiger partial charge in [-0.05, 0) is 49.5 Å². The molecule has 1 saturated carbocycles. The molecule has 2 atom stereocenters. The predicted octanol–water partition coefficient (Wildman–Crippen LogP) is 2.54. The summed E-state index contributed by atoms with van der Waals surface area (Å²) in [4.78, 5) is 0. The summed E-state index contributed by atoms with van der Waals surface area (Å²) >= 11 is 5.35. The van der Waals surface area contributed by atoms with Gasteiger partial charge in [0.1, 0.15) is 0 Å². The number of anilines is 1. The lowest BCUT2D eigenvalue weighted by Gasteiger charge is -2.21. The number of para-hydroxylation sites is 1. The van der Waals surface area contributed by atoms with Gasteiger partial charge in [-0.2, -0.15) is 0 Å². The molecule has 3 rings (SSSR count). The first-order valence-electron chi connectivity index (χ1n) is 6.57. The molecule has 1 heterocycles. The minimum atomic E-state index is 0.362. The van der Waals surface area contributed by atoms with E-state index in [1.165, 1.54) is 12.8 Å². The largest absolute Gasteiger partial charge is 0.376 e. The molecule has 1 aromatic rings. The maximum absolute atomic E-state index is 5.79. The fraction of sp³-hybridized carbons (Fsp3) is 0.500. The molecule has 2 fully saturated rings. The van der Waals surface area contributed by atoms with Crippen molar-refractivity contribution in [2.45, 2.75) is 31.4 Å². The molecule has 96 valence electrons. The van der Waals surface area contributed by atoms with E-state index in [0.29, 0.717) is 17.3 Å². The van der Waals surface area contributed by atoms with Crippen LogP contribution in [0, 0.1) is 5.92 Å². The van der Waals surface area contributed by atoms with Crippen LogP contribution in [0.1, 0.15) is 19.3 Å². The molecule has 2 unspecified atom stereocenters. The summed E-state index contributed by atoms with van der Waals surface area (Å²) in [6, 6.07) is 10.4. The van der Waals surface area contributed by atoms with Crippen molar-refractivity contribution in [3.63, 3.8) is 0 Å². The first kappa shape index (κ1) is 11.9. The van der Waals surface area contributed by atoms with Crippen LogP contribution in [0.4, 0.5) is 5.69 Å². The van der Waals surface area contributed by atoms with Crippen molar-refractivity contribution in [1.82, 2.24) is 5.32 Å². The number of ether oxygens (including phenoxy) is 1. The van der Waals surface area contributed by atoms with Crippen molar-refractivity contribution in [1.29, 1.82) is 0 Å². The third-order valence-corrected chi connectivity index (χ3v) is 3.79. The van der Waals surface area contributed by atoms with Gasteiger partial charge in [-0.3, -0.25) is 0 Å².